The van der Waals surface area contributed by atoms with E-state index in [1.165, 1.54) is 25.0 Å². The minimum atomic E-state index is -0.498. The molecule has 2 rings (SSSR count). The predicted octanol–water partition coefficient (Wildman–Crippen LogP) is 3.23. The number of nitro groups is 1. The molecule has 0 unspecified atom stereocenters. The van der Waals surface area contributed by atoms with Gasteiger partial charge < -0.3 is 15.5 Å². The van der Waals surface area contributed by atoms with E-state index in [0.717, 1.165) is 32.5 Å². The second-order valence-electron chi connectivity index (χ2n) is 6.25. The van der Waals surface area contributed by atoms with Gasteiger partial charge in [-0.2, -0.15) is 0 Å². The first-order chi connectivity index (χ1) is 11.6. The monoisotopic (exact) mass is 334 g/mol. The van der Waals surface area contributed by atoms with Gasteiger partial charge in [0.2, 0.25) is 0 Å². The number of carbonyl (C=O) groups is 1. The Hall–Kier alpha value is -2.15. The van der Waals surface area contributed by atoms with Crippen LogP contribution in [0.1, 0.15) is 32.6 Å². The number of hydrogen-bond acceptors (Lipinski definition) is 4. The first kappa shape index (κ1) is 18.2. The largest absolute Gasteiger partial charge is 0.338 e. The van der Waals surface area contributed by atoms with Crippen LogP contribution < -0.4 is 10.6 Å². The Morgan fingerprint density at radius 1 is 1.33 bits per heavy atom. The van der Waals surface area contributed by atoms with Gasteiger partial charge in [0, 0.05) is 12.6 Å². The molecule has 2 amide bonds. The third-order valence-corrected chi connectivity index (χ3v) is 4.44. The van der Waals surface area contributed by atoms with E-state index in [-0.39, 0.29) is 11.4 Å². The van der Waals surface area contributed by atoms with E-state index in [4.69, 9.17) is 0 Å². The predicted molar refractivity (Wildman–Crippen MR) is 94.2 cm³/mol. The smallest absolute Gasteiger partial charge is 0.319 e. The maximum atomic E-state index is 12.0. The van der Waals surface area contributed by atoms with Crippen molar-refractivity contribution in [3.8, 4) is 0 Å². The second kappa shape index (κ2) is 9.22. The van der Waals surface area contributed by atoms with Crippen LogP contribution in [-0.2, 0) is 0 Å². The zero-order valence-electron chi connectivity index (χ0n) is 14.2. The van der Waals surface area contributed by atoms with Crippen molar-refractivity contribution in [2.24, 2.45) is 5.92 Å². The van der Waals surface area contributed by atoms with Crippen molar-refractivity contribution < 1.29 is 9.72 Å². The summed E-state index contributed by atoms with van der Waals surface area (Å²) in [5.41, 5.74) is 0.117. The molecule has 1 aromatic rings. The number of benzene rings is 1. The Morgan fingerprint density at radius 2 is 2.04 bits per heavy atom. The van der Waals surface area contributed by atoms with Crippen LogP contribution >= 0.6 is 0 Å². The Kier molecular flexibility index (Phi) is 6.99. The van der Waals surface area contributed by atoms with Crippen LogP contribution in [0.15, 0.2) is 24.3 Å². The number of nitrogens with one attached hydrogen (secondary N) is 2. The van der Waals surface area contributed by atoms with Crippen molar-refractivity contribution in [2.45, 2.75) is 32.6 Å². The molecule has 1 fully saturated rings. The van der Waals surface area contributed by atoms with Gasteiger partial charge in [0.15, 0.2) is 0 Å². The van der Waals surface area contributed by atoms with Crippen LogP contribution in [0.5, 0.6) is 0 Å². The Labute approximate surface area is 142 Å². The summed E-state index contributed by atoms with van der Waals surface area (Å²) in [6.45, 7) is 6.13. The van der Waals surface area contributed by atoms with Gasteiger partial charge in [-0.15, -0.1) is 0 Å². The number of hydrogen-bond donors (Lipinski definition) is 2. The zero-order chi connectivity index (χ0) is 17.4. The molecule has 1 aromatic carbocycles. The zero-order valence-corrected chi connectivity index (χ0v) is 14.2. The van der Waals surface area contributed by atoms with Crippen molar-refractivity contribution >= 4 is 17.4 Å². The Bertz CT molecular complexity index is 557. The van der Waals surface area contributed by atoms with E-state index in [0.29, 0.717) is 12.5 Å². The van der Waals surface area contributed by atoms with Gasteiger partial charge in [-0.3, -0.25) is 10.1 Å². The van der Waals surface area contributed by atoms with Gasteiger partial charge >= 0.3 is 6.03 Å². The third kappa shape index (κ3) is 5.49. The van der Waals surface area contributed by atoms with Crippen molar-refractivity contribution in [3.05, 3.63) is 34.4 Å². The van der Waals surface area contributed by atoms with Gasteiger partial charge in [0.1, 0.15) is 5.69 Å². The number of nitro benzene ring substituents is 1. The molecule has 2 N–H and O–H groups in total. The number of anilines is 1. The molecule has 24 heavy (non-hydrogen) atoms. The molecule has 0 bridgehead atoms. The number of rotatable bonds is 7. The van der Waals surface area contributed by atoms with Crippen LogP contribution in [0.25, 0.3) is 0 Å². The van der Waals surface area contributed by atoms with Crippen molar-refractivity contribution in [2.75, 3.05) is 31.5 Å². The minimum absolute atomic E-state index is 0.100. The second-order valence-corrected chi connectivity index (χ2v) is 6.25. The molecule has 1 saturated heterocycles. The number of carbonyl (C=O) groups excluding carboxylic acids is 1. The highest BCUT2D eigenvalue weighted by Crippen LogP contribution is 2.23. The molecular weight excluding hydrogens is 308 g/mol. The molecular formula is C17H26N4O3. The molecule has 0 aromatic heterocycles. The molecule has 0 atom stereocenters. The van der Waals surface area contributed by atoms with Gasteiger partial charge in [0.05, 0.1) is 4.92 Å². The number of para-hydroxylation sites is 2. The summed E-state index contributed by atoms with van der Waals surface area (Å²) in [6.07, 6.45) is 4.61. The average Bonchev–Trinajstić information content (AvgIpc) is 2.59. The normalized spacial score (nSPS) is 15.9. The van der Waals surface area contributed by atoms with Crippen LogP contribution in [0.4, 0.5) is 16.2 Å². The summed E-state index contributed by atoms with van der Waals surface area (Å²) in [5.74, 6) is 0.472. The van der Waals surface area contributed by atoms with Gasteiger partial charge in [-0.1, -0.05) is 25.5 Å². The van der Waals surface area contributed by atoms with E-state index < -0.39 is 11.0 Å². The van der Waals surface area contributed by atoms with Gasteiger partial charge in [-0.05, 0) is 50.9 Å². The highest BCUT2D eigenvalue weighted by molar-refractivity contribution is 5.91. The number of urea groups is 1. The van der Waals surface area contributed by atoms with Crippen LogP contribution in [0, 0.1) is 16.0 Å². The lowest BCUT2D eigenvalue weighted by Crippen LogP contribution is -2.40. The summed E-state index contributed by atoms with van der Waals surface area (Å²) >= 11 is 0. The van der Waals surface area contributed by atoms with Gasteiger partial charge in [0.25, 0.3) is 5.69 Å². The Balaban J connectivity index is 1.74. The maximum Gasteiger partial charge on any atom is 0.319 e. The van der Waals surface area contributed by atoms with Crippen LogP contribution in [-0.4, -0.2) is 42.0 Å². The van der Waals surface area contributed by atoms with Crippen LogP contribution in [0.3, 0.4) is 0 Å². The highest BCUT2D eigenvalue weighted by atomic mass is 16.6. The van der Waals surface area contributed by atoms with Crippen molar-refractivity contribution in [1.82, 2.24) is 10.2 Å². The number of unbranched alkanes of at least 4 members (excludes halogenated alkanes) is 1. The van der Waals surface area contributed by atoms with E-state index >= 15 is 0 Å². The molecule has 1 aliphatic rings. The first-order valence-corrected chi connectivity index (χ1v) is 8.60. The van der Waals surface area contributed by atoms with E-state index in [1.807, 2.05) is 0 Å². The fourth-order valence-corrected chi connectivity index (χ4v) is 2.94. The number of amides is 2. The van der Waals surface area contributed by atoms with Gasteiger partial charge in [-0.25, -0.2) is 4.79 Å². The maximum absolute atomic E-state index is 12.0. The summed E-state index contributed by atoms with van der Waals surface area (Å²) in [6, 6.07) is 5.76. The van der Waals surface area contributed by atoms with Crippen LogP contribution in [0.2, 0.25) is 0 Å². The fourth-order valence-electron chi connectivity index (χ4n) is 2.94. The summed E-state index contributed by atoms with van der Waals surface area (Å²) < 4.78 is 0. The molecule has 0 saturated carbocycles. The molecule has 132 valence electrons. The highest BCUT2D eigenvalue weighted by Gasteiger charge is 2.20. The molecule has 1 heterocycles. The molecule has 0 aliphatic carbocycles. The molecule has 0 spiro atoms. The molecule has 1 aliphatic heterocycles. The fraction of sp³-hybridized carbons (Fsp3) is 0.588. The number of piperidine rings is 1. The van der Waals surface area contributed by atoms with E-state index in [2.05, 4.69) is 22.5 Å². The third-order valence-electron chi connectivity index (χ3n) is 4.44. The SMILES string of the molecule is CCCCN1CCC(CNC(=O)Nc2ccccc2[N+](=O)[O-])CC1. The molecule has 7 heteroatoms. The molecule has 7 nitrogen and oxygen atoms in total. The van der Waals surface area contributed by atoms with Crippen molar-refractivity contribution in [3.63, 3.8) is 0 Å². The number of nitrogens with zero attached hydrogens (tertiary/aromatic N) is 2. The lowest BCUT2D eigenvalue weighted by atomic mass is 9.96. The number of likely N-dealkylation sites (tertiary alicyclic amines) is 1. The standard InChI is InChI=1S/C17H26N4O3/c1-2-3-10-20-11-8-14(9-12-20)13-18-17(22)19-15-6-4-5-7-16(15)21(23)24/h4-7,14H,2-3,8-13H2,1H3,(H2,18,19,22). The lowest BCUT2D eigenvalue weighted by molar-refractivity contribution is -0.383. The summed E-state index contributed by atoms with van der Waals surface area (Å²) in [4.78, 5) is 24.9. The van der Waals surface area contributed by atoms with E-state index in [1.54, 1.807) is 12.1 Å². The summed E-state index contributed by atoms with van der Waals surface area (Å²) in [5, 5.41) is 16.3. The van der Waals surface area contributed by atoms with E-state index in [9.17, 15) is 14.9 Å². The first-order valence-electron chi connectivity index (χ1n) is 8.60. The lowest BCUT2D eigenvalue weighted by Gasteiger charge is -2.31. The molecule has 0 radical (unpaired) electrons. The van der Waals surface area contributed by atoms with Crippen molar-refractivity contribution in [1.29, 1.82) is 0 Å². The topological polar surface area (TPSA) is 87.5 Å². The Morgan fingerprint density at radius 3 is 2.71 bits per heavy atom. The average molecular weight is 334 g/mol. The minimum Gasteiger partial charge on any atom is -0.338 e. The quantitative estimate of drug-likeness (QED) is 0.592. The summed E-state index contributed by atoms with van der Waals surface area (Å²) in [7, 11) is 0.